The van der Waals surface area contributed by atoms with Gasteiger partial charge in [0.15, 0.2) is 0 Å². The van der Waals surface area contributed by atoms with E-state index in [1.54, 1.807) is 0 Å². The molecule has 0 saturated heterocycles. The zero-order valence-electron chi connectivity index (χ0n) is 14.9. The molecular weight excluding hydrogens is 308 g/mol. The van der Waals surface area contributed by atoms with Crippen molar-refractivity contribution in [3.05, 3.63) is 0 Å². The fourth-order valence-corrected chi connectivity index (χ4v) is 5.40. The highest BCUT2D eigenvalue weighted by atomic mass is 35.5. The quantitative estimate of drug-likeness (QED) is 0.842. The van der Waals surface area contributed by atoms with Gasteiger partial charge in [0.1, 0.15) is 0 Å². The number of carbonyl (C=O) groups is 1. The largest absolute Gasteiger partial charge is 0.343 e. The summed E-state index contributed by atoms with van der Waals surface area (Å²) in [5.74, 6) is 2.77. The van der Waals surface area contributed by atoms with Gasteiger partial charge < -0.3 is 10.6 Å². The van der Waals surface area contributed by atoms with E-state index in [0.717, 1.165) is 18.8 Å². The molecule has 0 radical (unpaired) electrons. The maximum atomic E-state index is 13.0. The van der Waals surface area contributed by atoms with Crippen molar-refractivity contribution >= 4 is 18.3 Å². The van der Waals surface area contributed by atoms with Crippen molar-refractivity contribution < 1.29 is 4.79 Å². The standard InChI is InChI=1S/C19H34N2O.ClH/c1-3-13-7-9-17(10-8-13)21(2)19(22)16-11-14-5-4-6-15(12-16)18(14)20;/h13-18H,3-12,20H2,1-2H3;1H. The molecule has 23 heavy (non-hydrogen) atoms. The normalized spacial score (nSPS) is 40.1. The van der Waals surface area contributed by atoms with Crippen molar-refractivity contribution in [2.24, 2.45) is 29.4 Å². The summed E-state index contributed by atoms with van der Waals surface area (Å²) in [4.78, 5) is 15.1. The van der Waals surface area contributed by atoms with Gasteiger partial charge >= 0.3 is 0 Å². The molecule has 0 spiro atoms. The van der Waals surface area contributed by atoms with Gasteiger partial charge in [-0.2, -0.15) is 0 Å². The highest BCUT2D eigenvalue weighted by Gasteiger charge is 2.42. The zero-order chi connectivity index (χ0) is 15.7. The number of halogens is 1. The third kappa shape index (κ3) is 4.04. The van der Waals surface area contributed by atoms with Gasteiger partial charge in [-0.05, 0) is 69.1 Å². The Labute approximate surface area is 148 Å². The fraction of sp³-hybridized carbons (Fsp3) is 0.947. The number of nitrogens with zero attached hydrogens (tertiary/aromatic N) is 1. The summed E-state index contributed by atoms with van der Waals surface area (Å²) in [6, 6.07) is 0.855. The molecule has 0 heterocycles. The Hall–Kier alpha value is -0.280. The number of hydrogen-bond donors (Lipinski definition) is 1. The summed E-state index contributed by atoms with van der Waals surface area (Å²) < 4.78 is 0. The summed E-state index contributed by atoms with van der Waals surface area (Å²) in [7, 11) is 2.06. The summed E-state index contributed by atoms with van der Waals surface area (Å²) in [6.07, 6.45) is 12.2. The van der Waals surface area contributed by atoms with Crippen LogP contribution in [-0.2, 0) is 4.79 Å². The summed E-state index contributed by atoms with van der Waals surface area (Å²) >= 11 is 0. The number of amides is 1. The van der Waals surface area contributed by atoms with Crippen LogP contribution in [0.15, 0.2) is 0 Å². The average Bonchev–Trinajstić information content (AvgIpc) is 2.53. The molecular formula is C19H35ClN2O. The van der Waals surface area contributed by atoms with Crippen LogP contribution in [0, 0.1) is 23.7 Å². The summed E-state index contributed by atoms with van der Waals surface area (Å²) in [5, 5.41) is 0. The molecule has 3 saturated carbocycles. The van der Waals surface area contributed by atoms with E-state index in [0.29, 0.717) is 29.8 Å². The van der Waals surface area contributed by atoms with Gasteiger partial charge in [-0.1, -0.05) is 19.8 Å². The molecule has 3 aliphatic carbocycles. The molecule has 2 bridgehead atoms. The predicted molar refractivity (Wildman–Crippen MR) is 97.6 cm³/mol. The molecule has 4 heteroatoms. The van der Waals surface area contributed by atoms with Crippen LogP contribution in [0.25, 0.3) is 0 Å². The molecule has 1 amide bonds. The molecule has 0 aliphatic heterocycles. The molecule has 0 aromatic carbocycles. The maximum Gasteiger partial charge on any atom is 0.225 e. The Morgan fingerprint density at radius 3 is 2.13 bits per heavy atom. The van der Waals surface area contributed by atoms with Crippen LogP contribution < -0.4 is 5.73 Å². The topological polar surface area (TPSA) is 46.3 Å². The Morgan fingerprint density at radius 2 is 1.61 bits per heavy atom. The van der Waals surface area contributed by atoms with E-state index < -0.39 is 0 Å². The van der Waals surface area contributed by atoms with E-state index in [1.807, 2.05) is 0 Å². The van der Waals surface area contributed by atoms with Crippen molar-refractivity contribution in [3.8, 4) is 0 Å². The molecule has 0 aromatic rings. The van der Waals surface area contributed by atoms with Gasteiger partial charge in [-0.25, -0.2) is 0 Å². The molecule has 2 atom stereocenters. The third-order valence-corrected chi connectivity index (χ3v) is 7.05. The number of fused-ring (bicyclic) bond motifs is 2. The average molecular weight is 343 g/mol. The SMILES string of the molecule is CCC1CCC(N(C)C(=O)C2CC3CCCC(C2)C3N)CC1.Cl. The van der Waals surface area contributed by atoms with Crippen LogP contribution in [0.1, 0.15) is 71.1 Å². The van der Waals surface area contributed by atoms with Crippen LogP contribution in [0.3, 0.4) is 0 Å². The first-order valence-electron chi connectivity index (χ1n) is 9.62. The van der Waals surface area contributed by atoms with Gasteiger partial charge in [-0.3, -0.25) is 4.79 Å². The molecule has 134 valence electrons. The maximum absolute atomic E-state index is 13.0. The van der Waals surface area contributed by atoms with Gasteiger partial charge in [-0.15, -0.1) is 12.4 Å². The van der Waals surface area contributed by atoms with E-state index in [1.165, 1.54) is 51.4 Å². The van der Waals surface area contributed by atoms with Crippen LogP contribution in [0.4, 0.5) is 0 Å². The minimum absolute atomic E-state index is 0. The molecule has 0 aromatic heterocycles. The minimum Gasteiger partial charge on any atom is -0.343 e. The Balaban J connectivity index is 0.00000192. The lowest BCUT2D eigenvalue weighted by Gasteiger charge is -2.45. The Kier molecular flexibility index (Phi) is 6.79. The lowest BCUT2D eigenvalue weighted by molar-refractivity contribution is -0.140. The van der Waals surface area contributed by atoms with Crippen molar-refractivity contribution in [1.82, 2.24) is 4.90 Å². The summed E-state index contributed by atoms with van der Waals surface area (Å²) in [6.45, 7) is 2.30. The van der Waals surface area contributed by atoms with Crippen molar-refractivity contribution in [2.45, 2.75) is 83.2 Å². The predicted octanol–water partition coefficient (Wildman–Crippen LogP) is 3.99. The number of nitrogens with two attached hydrogens (primary N) is 1. The van der Waals surface area contributed by atoms with E-state index in [4.69, 9.17) is 5.73 Å². The van der Waals surface area contributed by atoms with Crippen LogP contribution >= 0.6 is 12.4 Å². The third-order valence-electron chi connectivity index (χ3n) is 7.05. The number of hydrogen-bond acceptors (Lipinski definition) is 2. The van der Waals surface area contributed by atoms with E-state index >= 15 is 0 Å². The highest BCUT2D eigenvalue weighted by molar-refractivity contribution is 5.85. The Morgan fingerprint density at radius 1 is 1.04 bits per heavy atom. The van der Waals surface area contributed by atoms with Crippen LogP contribution in [0.5, 0.6) is 0 Å². The van der Waals surface area contributed by atoms with Gasteiger partial charge in [0.2, 0.25) is 5.91 Å². The second-order valence-electron chi connectivity index (χ2n) is 8.23. The van der Waals surface area contributed by atoms with Crippen molar-refractivity contribution in [2.75, 3.05) is 7.05 Å². The second kappa shape index (κ2) is 8.20. The minimum atomic E-state index is 0. The number of rotatable bonds is 3. The number of carbonyl (C=O) groups excluding carboxylic acids is 1. The first-order chi connectivity index (χ1) is 10.6. The Bertz CT molecular complexity index is 381. The molecule has 2 N–H and O–H groups in total. The summed E-state index contributed by atoms with van der Waals surface area (Å²) in [5.41, 5.74) is 6.37. The van der Waals surface area contributed by atoms with Crippen molar-refractivity contribution in [1.29, 1.82) is 0 Å². The van der Waals surface area contributed by atoms with Crippen LogP contribution in [0.2, 0.25) is 0 Å². The van der Waals surface area contributed by atoms with Crippen molar-refractivity contribution in [3.63, 3.8) is 0 Å². The van der Waals surface area contributed by atoms with E-state index in [2.05, 4.69) is 18.9 Å². The second-order valence-corrected chi connectivity index (χ2v) is 8.23. The fourth-order valence-electron chi connectivity index (χ4n) is 5.40. The molecule has 2 unspecified atom stereocenters. The lowest BCUT2D eigenvalue weighted by Crippen LogP contribution is -2.50. The van der Waals surface area contributed by atoms with Gasteiger partial charge in [0.25, 0.3) is 0 Å². The molecule has 3 nitrogen and oxygen atoms in total. The van der Waals surface area contributed by atoms with E-state index in [-0.39, 0.29) is 18.3 Å². The van der Waals surface area contributed by atoms with Gasteiger partial charge in [0.05, 0.1) is 0 Å². The monoisotopic (exact) mass is 342 g/mol. The zero-order valence-corrected chi connectivity index (χ0v) is 15.7. The van der Waals surface area contributed by atoms with E-state index in [9.17, 15) is 4.79 Å². The lowest BCUT2D eigenvalue weighted by atomic mass is 9.65. The highest BCUT2D eigenvalue weighted by Crippen LogP contribution is 2.42. The van der Waals surface area contributed by atoms with Crippen LogP contribution in [-0.4, -0.2) is 29.9 Å². The molecule has 3 rings (SSSR count). The smallest absolute Gasteiger partial charge is 0.225 e. The first-order valence-corrected chi connectivity index (χ1v) is 9.62. The molecule has 3 fully saturated rings. The molecule has 3 aliphatic rings. The van der Waals surface area contributed by atoms with Gasteiger partial charge in [0, 0.05) is 25.0 Å². The first kappa shape index (κ1) is 19.1.